The van der Waals surface area contributed by atoms with Crippen molar-refractivity contribution in [2.45, 2.75) is 215 Å². The fourth-order valence-electron chi connectivity index (χ4n) is 12.2. The van der Waals surface area contributed by atoms with Gasteiger partial charge in [0.2, 0.25) is 112 Å². The maximum Gasteiger partial charge on any atom is 0.328 e. The summed E-state index contributed by atoms with van der Waals surface area (Å²) in [5.41, 5.74) is 23.1. The summed E-state index contributed by atoms with van der Waals surface area (Å²) in [5, 5.41) is 293. The van der Waals surface area contributed by atoms with E-state index in [0.29, 0.717) is 18.4 Å². The predicted octanol–water partition coefficient (Wildman–Crippen LogP) is 6.17. The number of carboxylic acids is 3. The highest BCUT2D eigenvalue weighted by Gasteiger charge is 2.33. The van der Waals surface area contributed by atoms with Gasteiger partial charge in [-0.15, -0.1) is 0 Å². The molecule has 2 heterocycles. The van der Waals surface area contributed by atoms with E-state index < -0.39 is 291 Å². The van der Waals surface area contributed by atoms with Crippen LogP contribution in [-0.4, -0.2) is 450 Å². The van der Waals surface area contributed by atoms with E-state index in [2.05, 4.69) is 110 Å². The first-order valence-electron chi connectivity index (χ1n) is 44.7. The molecule has 56 nitrogen and oxygen atoms in total. The number of hydrogen-bond donors (Lipinski definition) is 33. The van der Waals surface area contributed by atoms with E-state index in [1.807, 2.05) is 0 Å². The number of hydrogen-bond acceptors (Lipinski definition) is 32. The minimum absolute atomic E-state index is 0.00453. The Bertz CT molecular complexity index is 4930. The van der Waals surface area contributed by atoms with Crippen LogP contribution in [0, 0.1) is 28.1 Å². The number of nitrogens with one attached hydrogen (secondary N) is 5. The number of rotatable bonds is 43. The molecular weight excluding hydrogens is 1960 g/mol. The van der Waals surface area contributed by atoms with Crippen molar-refractivity contribution in [3.05, 3.63) is 35.9 Å². The second-order valence-corrected chi connectivity index (χ2v) is 37.4. The van der Waals surface area contributed by atoms with Crippen LogP contribution in [0.1, 0.15) is 136 Å². The van der Waals surface area contributed by atoms with Crippen molar-refractivity contribution in [3.8, 4) is 0 Å². The summed E-state index contributed by atoms with van der Waals surface area (Å²) >= 11 is 0. The van der Waals surface area contributed by atoms with Crippen LogP contribution < -0.4 is 33.6 Å². The van der Waals surface area contributed by atoms with Crippen LogP contribution in [-0.2, 0) is 20.8 Å². The number of guanidine groups is 2. The second kappa shape index (κ2) is 67.7. The highest BCUT2D eigenvalue weighted by atomic mass is 33.1. The van der Waals surface area contributed by atoms with Crippen LogP contribution in [0.25, 0.3) is 0 Å². The zero-order valence-corrected chi connectivity index (χ0v) is 82.3. The molecule has 0 bridgehead atoms. The van der Waals surface area contributed by atoms with E-state index >= 15 is 0 Å². The summed E-state index contributed by atoms with van der Waals surface area (Å²) in [5.74, 6) is -25.1. The van der Waals surface area contributed by atoms with Gasteiger partial charge in [0.05, 0.1) is 12.8 Å². The highest BCUT2D eigenvalue weighted by molar-refractivity contribution is 8.77. The maximum absolute atomic E-state index is 12.5. The first-order valence-corrected chi connectivity index (χ1v) is 49.7. The number of aliphatic hydroxyl groups excluding tert-OH is 21. The number of carbonyl (C=O) groups is 3. The van der Waals surface area contributed by atoms with Gasteiger partial charge in [0.15, 0.2) is 29.8 Å². The van der Waals surface area contributed by atoms with Crippen LogP contribution in [0.15, 0.2) is 130 Å². The van der Waals surface area contributed by atoms with Gasteiger partial charge in [0.1, 0.15) is 118 Å². The SMILES string of the molecule is CC(C)CC1N=C(O)C(CC(=O)O)N=C(O)C(CCCCN)N=C(O)CCSSCC(C(O)=NCC(O)=NCC(O)=NCC(O)=NCC(O)=NC2CSSCC(C(O)=NCC(O)=NC(CCC(=N)O)C(=O)O)N=C(O)C(CCCNC(=N)N)N=C2O)N=C(O)C(CCCCN)N=C(O)CN=C(O)C(CCCNC(=N)N)N=C(O)C(CC(=O)O)N=C(O)C(C(C)C)N=C(O)CN=C(O)C(Cc2ccccc2)N=C1O. The molecule has 1 aromatic carbocycles. The van der Waals surface area contributed by atoms with Crippen LogP contribution in [0.2, 0.25) is 0 Å². The Morgan fingerprint density at radius 2 is 0.832 bits per heavy atom. The number of aliphatic imine (C=N–C) groups is 20. The van der Waals surface area contributed by atoms with Crippen molar-refractivity contribution in [2.24, 2.45) is 135 Å². The summed E-state index contributed by atoms with van der Waals surface area (Å²) in [6, 6.07) is -11.8. The minimum Gasteiger partial charge on any atom is -0.497 e. The first-order chi connectivity index (χ1) is 67.7. The lowest BCUT2D eigenvalue weighted by Gasteiger charge is -2.19. The van der Waals surface area contributed by atoms with Crippen molar-refractivity contribution in [3.63, 3.8) is 0 Å². The monoisotopic (exact) mass is 2100 g/mol. The molecule has 2 aliphatic rings. The molecule has 2 aliphatic heterocycles. The molecule has 0 saturated heterocycles. The first kappa shape index (κ1) is 124. The molecule has 0 spiro atoms. The van der Waals surface area contributed by atoms with Crippen molar-refractivity contribution in [1.82, 2.24) is 10.6 Å². The van der Waals surface area contributed by atoms with E-state index in [0.717, 1.165) is 43.2 Å². The standard InChI is InChI=1S/C83H133N29O27S4/c1-42(2)28-50-76(133)107-51(29-44-14-6-5-7-15-44)70(127)98-38-65(121)112-68(43(3)4)80(137)109-53(31-67(124)125)77(134)104-45(18-12-25-91-82(87)88)69(126)97-36-63(119)101-47(17-9-11-24-85)74(131)110-54(39-141-140-27-22-58(114)100-46(16-8-10-23-84)73(130)108-52(30-66(122)123)78(135)106-50)71(128)96-34-61(117)94-32-59(115)93-33-60(116)95-35-62(118)103-56-41-143-142-40-55(111-75(132)48(105-79(56)136)19-13-26-92-83(89)90)72(129)99-37-64(120)102-49(81(138)139)20-21-57(86)113/h5-7,14-15,42-43,45-56,68H,8-13,16-41,84-85H2,1-4H3,(H2,86,113)(H,93,115)(H,94,117)(H,95,116)(H,96,128)(H,97,126)(H,98,127)(H,99,129)(H,100,114)(H,101,119)(H,102,120)(H,103,118)(H,104,134)(H,105,136)(H,106,135)(H,107,133)(H,108,130)(H,109,137)(H,110,131)(H,111,132)(H,112,121)(H,122,123)(H,124,125)(H,138,139)(H4,87,88,91)(H4,89,90,92). The van der Waals surface area contributed by atoms with Gasteiger partial charge in [0.25, 0.3) is 0 Å². The summed E-state index contributed by atoms with van der Waals surface area (Å²) in [6.07, 6.45) is -2.56. The van der Waals surface area contributed by atoms with Crippen LogP contribution in [0.5, 0.6) is 0 Å². The minimum atomic E-state index is -1.96. The summed E-state index contributed by atoms with van der Waals surface area (Å²) in [4.78, 5) is 118. The Kier molecular flexibility index (Phi) is 58.5. The summed E-state index contributed by atoms with van der Waals surface area (Å²) < 4.78 is 0. The molecular formula is C83H133N29O27S4. The molecule has 37 N–H and O–H groups in total. The Labute approximate surface area is 837 Å². The predicted molar refractivity (Wildman–Crippen MR) is 559 cm³/mol. The maximum atomic E-state index is 12.5. The molecule has 0 aromatic heterocycles. The van der Waals surface area contributed by atoms with E-state index in [4.69, 9.17) is 39.2 Å². The molecule has 0 radical (unpaired) electrons. The fraction of sp³-hybridized carbons (Fsp3) is 0.614. The second-order valence-electron chi connectivity index (χ2n) is 32.2. The number of nitrogens with zero attached hydrogens (tertiary/aromatic N) is 20. The average molecular weight is 2100 g/mol. The number of carboxylic acid groups (broad SMARTS) is 3. The largest absolute Gasteiger partial charge is 0.497 e. The lowest BCUT2D eigenvalue weighted by Crippen LogP contribution is -2.33. The van der Waals surface area contributed by atoms with Crippen molar-refractivity contribution >= 4 is 197 Å². The van der Waals surface area contributed by atoms with Gasteiger partial charge in [-0.1, -0.05) is 101 Å². The van der Waals surface area contributed by atoms with Crippen LogP contribution in [0.4, 0.5) is 0 Å². The third-order valence-electron chi connectivity index (χ3n) is 19.4. The summed E-state index contributed by atoms with van der Waals surface area (Å²) in [6.45, 7) is 1.10. The lowest BCUT2D eigenvalue weighted by molar-refractivity contribution is -0.139. The molecule has 796 valence electrons. The zero-order chi connectivity index (χ0) is 107. The van der Waals surface area contributed by atoms with E-state index in [1.165, 1.54) is 13.8 Å². The molecule has 0 saturated carbocycles. The lowest BCUT2D eigenvalue weighted by atomic mass is 10.0. The topological polar surface area (TPSA) is 984 Å². The molecule has 1 aromatic rings. The quantitative estimate of drug-likeness (QED) is 0.0150. The third kappa shape index (κ3) is 52.6. The molecule has 143 heavy (non-hydrogen) atoms. The number of unbranched alkanes of at least 4 members (excludes halogenated alkanes) is 2. The van der Waals surface area contributed by atoms with Crippen LogP contribution in [0.3, 0.4) is 0 Å². The van der Waals surface area contributed by atoms with Crippen molar-refractivity contribution in [1.29, 1.82) is 16.2 Å². The molecule has 60 heteroatoms. The van der Waals surface area contributed by atoms with Gasteiger partial charge < -0.3 is 156 Å². The van der Waals surface area contributed by atoms with E-state index in [9.17, 15) is 137 Å². The van der Waals surface area contributed by atoms with Gasteiger partial charge in [0, 0.05) is 55.4 Å². The van der Waals surface area contributed by atoms with E-state index in [-0.39, 0.29) is 145 Å². The van der Waals surface area contributed by atoms with E-state index in [1.54, 1.807) is 44.2 Å². The number of benzene rings is 1. The third-order valence-corrected chi connectivity index (χ3v) is 24.2. The number of aliphatic carboxylic acids is 3. The van der Waals surface area contributed by atoms with Gasteiger partial charge in [-0.3, -0.25) is 25.8 Å². The van der Waals surface area contributed by atoms with Crippen molar-refractivity contribution < 1.29 is 137 Å². The molecule has 0 fully saturated rings. The van der Waals surface area contributed by atoms with Gasteiger partial charge in [-0.05, 0) is 108 Å². The smallest absolute Gasteiger partial charge is 0.328 e. The van der Waals surface area contributed by atoms with Crippen LogP contribution >= 0.6 is 43.2 Å². The Hall–Kier alpha value is -13.6. The normalized spacial score (nSPS) is 22.9. The highest BCUT2D eigenvalue weighted by Crippen LogP contribution is 2.29. The Morgan fingerprint density at radius 1 is 0.434 bits per heavy atom. The van der Waals surface area contributed by atoms with Gasteiger partial charge in [-0.25, -0.2) is 105 Å². The fourth-order valence-corrected chi connectivity index (χ4v) is 16.6. The molecule has 13 atom stereocenters. The molecule has 13 unspecified atom stereocenters. The molecule has 3 rings (SSSR count). The number of nitrogens with two attached hydrogens (primary N) is 4. The summed E-state index contributed by atoms with van der Waals surface area (Å²) in [7, 11) is 4.00. The zero-order valence-electron chi connectivity index (χ0n) is 79.0. The Morgan fingerprint density at radius 3 is 1.31 bits per heavy atom. The number of aliphatic hydroxyl groups is 21. The molecule has 0 aliphatic carbocycles. The molecule has 0 amide bonds. The van der Waals surface area contributed by atoms with Gasteiger partial charge >= 0.3 is 17.9 Å². The average Bonchev–Trinajstić information content (AvgIpc) is 1.45. The Balaban J connectivity index is 2.24. The van der Waals surface area contributed by atoms with Gasteiger partial charge in [-0.2, -0.15) is 0 Å². The van der Waals surface area contributed by atoms with Crippen molar-refractivity contribution in [2.75, 3.05) is 95.0 Å².